The van der Waals surface area contributed by atoms with Crippen LogP contribution in [0, 0.1) is 0 Å². The molecule has 2 nitrogen and oxygen atoms in total. The summed E-state index contributed by atoms with van der Waals surface area (Å²) in [7, 11) is 2.06. The number of unbranched alkanes of at least 4 members (excludes halogenated alkanes) is 1. The van der Waals surface area contributed by atoms with Gasteiger partial charge in [-0.2, -0.15) is 0 Å². The molecule has 2 rings (SSSR count). The summed E-state index contributed by atoms with van der Waals surface area (Å²) in [5.41, 5.74) is 2.92. The van der Waals surface area contributed by atoms with Crippen molar-refractivity contribution in [1.82, 2.24) is 5.32 Å². The number of likely N-dealkylation sites (N-methyl/N-ethyl adjacent to an activating group) is 2. The molecular weight excluding hydrogens is 292 g/mol. The fraction of sp³-hybridized carbons (Fsp3) is 0.455. The van der Waals surface area contributed by atoms with Crippen LogP contribution in [0.3, 0.4) is 0 Å². The third-order valence-electron chi connectivity index (χ3n) is 5.06. The molecule has 1 unspecified atom stereocenters. The predicted octanol–water partition coefficient (Wildman–Crippen LogP) is 4.27. The minimum atomic E-state index is 1.08. The monoisotopic (exact) mass is 325 g/mol. The second-order valence-corrected chi connectivity index (χ2v) is 6.80. The molecule has 2 aromatic carbocycles. The molecule has 2 heteroatoms. The quantitative estimate of drug-likeness (QED) is 0.481. The van der Waals surface area contributed by atoms with Crippen molar-refractivity contribution >= 4 is 0 Å². The van der Waals surface area contributed by atoms with E-state index in [0.717, 1.165) is 13.1 Å². The van der Waals surface area contributed by atoms with Gasteiger partial charge in [-0.15, -0.1) is 0 Å². The highest BCUT2D eigenvalue weighted by Crippen LogP contribution is 2.17. The topological polar surface area (TPSA) is 12.0 Å². The Morgan fingerprint density at radius 1 is 0.792 bits per heavy atom. The van der Waals surface area contributed by atoms with E-state index in [2.05, 4.69) is 80.0 Å². The lowest BCUT2D eigenvalue weighted by Gasteiger charge is -2.38. The standard InChI is InChI=1S/C22H33N2/c1-3-24(19-17-23-2,20-22-15-8-5-9-16-22)18-11-10-14-21-12-6-4-7-13-21/h4-9,12-13,15-16,23H,3,10-11,14,17-20H2,1-2H3/q+1. The SMILES string of the molecule is CC[N+](CCCCc1ccccc1)(CCNC)Cc1ccccc1. The lowest BCUT2D eigenvalue weighted by atomic mass is 10.1. The molecule has 0 radical (unpaired) electrons. The summed E-state index contributed by atoms with van der Waals surface area (Å²) < 4.78 is 1.18. The van der Waals surface area contributed by atoms with Crippen molar-refractivity contribution in [2.24, 2.45) is 0 Å². The summed E-state index contributed by atoms with van der Waals surface area (Å²) in [6.45, 7) is 8.23. The molecule has 0 bridgehead atoms. The lowest BCUT2D eigenvalue weighted by Crippen LogP contribution is -2.51. The molecule has 2 aromatic rings. The average Bonchev–Trinajstić information content (AvgIpc) is 2.65. The summed E-state index contributed by atoms with van der Waals surface area (Å²) in [5, 5.41) is 3.34. The molecular formula is C22H33N2+. The van der Waals surface area contributed by atoms with E-state index in [9.17, 15) is 0 Å². The van der Waals surface area contributed by atoms with Crippen molar-refractivity contribution in [3.05, 3.63) is 71.8 Å². The number of nitrogens with one attached hydrogen (secondary N) is 1. The maximum atomic E-state index is 3.34. The van der Waals surface area contributed by atoms with Crippen LogP contribution >= 0.6 is 0 Å². The molecule has 1 N–H and O–H groups in total. The van der Waals surface area contributed by atoms with E-state index in [4.69, 9.17) is 0 Å². The Kier molecular flexibility index (Phi) is 8.00. The Bertz CT molecular complexity index is 553. The fourth-order valence-corrected chi connectivity index (χ4v) is 3.44. The van der Waals surface area contributed by atoms with Gasteiger partial charge in [-0.05, 0) is 38.8 Å². The molecule has 0 amide bonds. The number of benzene rings is 2. The van der Waals surface area contributed by atoms with E-state index in [1.165, 1.54) is 54.5 Å². The average molecular weight is 326 g/mol. The van der Waals surface area contributed by atoms with Crippen LogP contribution in [0.15, 0.2) is 60.7 Å². The number of nitrogens with zero attached hydrogens (tertiary/aromatic N) is 1. The number of hydrogen-bond acceptors (Lipinski definition) is 1. The van der Waals surface area contributed by atoms with Crippen LogP contribution < -0.4 is 5.32 Å². The maximum Gasteiger partial charge on any atom is 0.104 e. The normalized spacial score (nSPS) is 13.6. The van der Waals surface area contributed by atoms with Gasteiger partial charge in [0.05, 0.1) is 19.6 Å². The summed E-state index contributed by atoms with van der Waals surface area (Å²) in [6.07, 6.45) is 3.76. The molecule has 0 aliphatic heterocycles. The van der Waals surface area contributed by atoms with E-state index in [1.807, 2.05) is 0 Å². The highest BCUT2D eigenvalue weighted by atomic mass is 15.4. The van der Waals surface area contributed by atoms with Crippen LogP contribution in [0.1, 0.15) is 30.9 Å². The third-order valence-corrected chi connectivity index (χ3v) is 5.06. The van der Waals surface area contributed by atoms with Gasteiger partial charge in [0.2, 0.25) is 0 Å². The molecule has 0 spiro atoms. The Morgan fingerprint density at radius 2 is 1.42 bits per heavy atom. The molecule has 0 heterocycles. The molecule has 130 valence electrons. The Morgan fingerprint density at radius 3 is 2.00 bits per heavy atom. The van der Waals surface area contributed by atoms with Gasteiger partial charge in [0.15, 0.2) is 0 Å². The van der Waals surface area contributed by atoms with Gasteiger partial charge in [-0.25, -0.2) is 0 Å². The van der Waals surface area contributed by atoms with Crippen LogP contribution in [0.2, 0.25) is 0 Å². The van der Waals surface area contributed by atoms with Crippen molar-refractivity contribution in [1.29, 1.82) is 0 Å². The zero-order chi connectivity index (χ0) is 17.1. The van der Waals surface area contributed by atoms with Gasteiger partial charge in [-0.3, -0.25) is 0 Å². The van der Waals surface area contributed by atoms with Crippen LogP contribution in [-0.4, -0.2) is 37.7 Å². The highest BCUT2D eigenvalue weighted by molar-refractivity contribution is 5.14. The summed E-state index contributed by atoms with van der Waals surface area (Å²) >= 11 is 0. The third kappa shape index (κ3) is 6.10. The summed E-state index contributed by atoms with van der Waals surface area (Å²) in [4.78, 5) is 0. The first-order valence-corrected chi connectivity index (χ1v) is 9.35. The molecule has 0 aromatic heterocycles. The van der Waals surface area contributed by atoms with E-state index in [0.29, 0.717) is 0 Å². The second kappa shape index (κ2) is 10.3. The molecule has 24 heavy (non-hydrogen) atoms. The predicted molar refractivity (Wildman–Crippen MR) is 104 cm³/mol. The Balaban J connectivity index is 1.91. The van der Waals surface area contributed by atoms with Crippen LogP contribution in [-0.2, 0) is 13.0 Å². The molecule has 0 saturated heterocycles. The van der Waals surface area contributed by atoms with E-state index in [1.54, 1.807) is 0 Å². The van der Waals surface area contributed by atoms with Crippen molar-refractivity contribution < 1.29 is 4.48 Å². The molecule has 1 atom stereocenters. The van der Waals surface area contributed by atoms with Crippen molar-refractivity contribution in [3.8, 4) is 0 Å². The zero-order valence-corrected chi connectivity index (χ0v) is 15.4. The number of quaternary nitrogens is 1. The second-order valence-electron chi connectivity index (χ2n) is 6.80. The fourth-order valence-electron chi connectivity index (χ4n) is 3.44. The minimum absolute atomic E-state index is 1.08. The van der Waals surface area contributed by atoms with Crippen LogP contribution in [0.4, 0.5) is 0 Å². The van der Waals surface area contributed by atoms with E-state index >= 15 is 0 Å². The van der Waals surface area contributed by atoms with Crippen molar-refractivity contribution in [3.63, 3.8) is 0 Å². The Hall–Kier alpha value is -1.64. The zero-order valence-electron chi connectivity index (χ0n) is 15.4. The summed E-state index contributed by atoms with van der Waals surface area (Å²) in [5.74, 6) is 0. The number of rotatable bonds is 11. The minimum Gasteiger partial charge on any atom is -0.319 e. The largest absolute Gasteiger partial charge is 0.319 e. The molecule has 0 saturated carbocycles. The molecule has 0 aliphatic carbocycles. The smallest absolute Gasteiger partial charge is 0.104 e. The van der Waals surface area contributed by atoms with Gasteiger partial charge in [0, 0.05) is 12.1 Å². The number of aryl methyl sites for hydroxylation is 1. The van der Waals surface area contributed by atoms with E-state index < -0.39 is 0 Å². The maximum absolute atomic E-state index is 3.34. The van der Waals surface area contributed by atoms with Crippen LogP contribution in [0.25, 0.3) is 0 Å². The van der Waals surface area contributed by atoms with Crippen molar-refractivity contribution in [2.75, 3.05) is 33.2 Å². The van der Waals surface area contributed by atoms with Crippen LogP contribution in [0.5, 0.6) is 0 Å². The molecule has 0 fully saturated rings. The Labute approximate surface area is 148 Å². The lowest BCUT2D eigenvalue weighted by molar-refractivity contribution is -0.938. The number of hydrogen-bond donors (Lipinski definition) is 1. The summed E-state index contributed by atoms with van der Waals surface area (Å²) in [6, 6.07) is 21.8. The van der Waals surface area contributed by atoms with Gasteiger partial charge in [0.25, 0.3) is 0 Å². The van der Waals surface area contributed by atoms with Gasteiger partial charge in [-0.1, -0.05) is 60.7 Å². The van der Waals surface area contributed by atoms with E-state index in [-0.39, 0.29) is 0 Å². The van der Waals surface area contributed by atoms with Gasteiger partial charge in [0.1, 0.15) is 6.54 Å². The first-order valence-electron chi connectivity index (χ1n) is 9.35. The van der Waals surface area contributed by atoms with Gasteiger partial charge >= 0.3 is 0 Å². The first-order chi connectivity index (χ1) is 11.8. The molecule has 0 aliphatic rings. The van der Waals surface area contributed by atoms with Gasteiger partial charge < -0.3 is 9.80 Å². The first kappa shape index (κ1) is 18.7. The van der Waals surface area contributed by atoms with Crippen molar-refractivity contribution in [2.45, 2.75) is 32.7 Å². The highest BCUT2D eigenvalue weighted by Gasteiger charge is 2.24.